The second-order valence-electron chi connectivity index (χ2n) is 4.21. The van der Waals surface area contributed by atoms with Crippen LogP contribution < -0.4 is 11.5 Å². The van der Waals surface area contributed by atoms with Crippen molar-refractivity contribution in [3.8, 4) is 0 Å². The summed E-state index contributed by atoms with van der Waals surface area (Å²) < 4.78 is 0. The molecule has 0 aliphatic rings. The Bertz CT molecular complexity index is 354. The molecule has 0 radical (unpaired) electrons. The molecule has 4 N–H and O–H groups in total. The number of benzene rings is 1. The molecule has 3 nitrogen and oxygen atoms in total. The molecule has 1 aromatic carbocycles. The summed E-state index contributed by atoms with van der Waals surface area (Å²) in [6, 6.07) is 6.98. The molecular weight excluding hydrogens is 212 g/mol. The number of carbonyl (C=O) groups excluding carboxylic acids is 1. The van der Waals surface area contributed by atoms with Gasteiger partial charge in [-0.15, -0.1) is 0 Å². The Morgan fingerprint density at radius 2 is 1.80 bits per heavy atom. The molecule has 0 spiro atoms. The fraction of sp³-hybridized carbons (Fsp3) is 0.364. The van der Waals surface area contributed by atoms with E-state index >= 15 is 0 Å². The molecule has 4 heteroatoms. The topological polar surface area (TPSA) is 69.1 Å². The third-order valence-corrected chi connectivity index (χ3v) is 2.48. The van der Waals surface area contributed by atoms with Crippen molar-refractivity contribution in [1.29, 1.82) is 0 Å². The molecule has 15 heavy (non-hydrogen) atoms. The summed E-state index contributed by atoms with van der Waals surface area (Å²) in [6.07, 6.45) is 0. The molecule has 0 saturated heterocycles. The standard InChI is InChI=1S/C11H15ClN2O/c1-11(2,14)9(10(13)15)7-3-5-8(12)6-4-7/h3-6,9H,14H2,1-2H3,(H2,13,15). The average molecular weight is 227 g/mol. The SMILES string of the molecule is CC(C)(N)C(C(N)=O)c1ccc(Cl)cc1. The van der Waals surface area contributed by atoms with Crippen molar-refractivity contribution in [3.63, 3.8) is 0 Å². The van der Waals surface area contributed by atoms with Gasteiger partial charge in [0, 0.05) is 10.6 Å². The van der Waals surface area contributed by atoms with Crippen molar-refractivity contribution in [2.24, 2.45) is 11.5 Å². The van der Waals surface area contributed by atoms with Crippen LogP contribution in [0.3, 0.4) is 0 Å². The second kappa shape index (κ2) is 4.21. The van der Waals surface area contributed by atoms with Crippen molar-refractivity contribution >= 4 is 17.5 Å². The van der Waals surface area contributed by atoms with Gasteiger partial charge in [0.15, 0.2) is 0 Å². The van der Waals surface area contributed by atoms with Gasteiger partial charge < -0.3 is 11.5 Å². The molecule has 1 atom stereocenters. The van der Waals surface area contributed by atoms with Crippen LogP contribution in [-0.4, -0.2) is 11.4 Å². The molecule has 82 valence electrons. The van der Waals surface area contributed by atoms with E-state index in [1.165, 1.54) is 0 Å². The largest absolute Gasteiger partial charge is 0.369 e. The van der Waals surface area contributed by atoms with E-state index in [9.17, 15) is 4.79 Å². The Hall–Kier alpha value is -1.06. The predicted octanol–water partition coefficient (Wildman–Crippen LogP) is 1.65. The van der Waals surface area contributed by atoms with Crippen LogP contribution in [0.2, 0.25) is 5.02 Å². The quantitative estimate of drug-likeness (QED) is 0.823. The van der Waals surface area contributed by atoms with E-state index < -0.39 is 17.4 Å². The summed E-state index contributed by atoms with van der Waals surface area (Å²) in [7, 11) is 0. The van der Waals surface area contributed by atoms with Crippen LogP contribution in [0.4, 0.5) is 0 Å². The van der Waals surface area contributed by atoms with Gasteiger partial charge in [0.1, 0.15) is 0 Å². The van der Waals surface area contributed by atoms with E-state index in [2.05, 4.69) is 0 Å². The highest BCUT2D eigenvalue weighted by Gasteiger charge is 2.31. The Morgan fingerprint density at radius 3 is 2.13 bits per heavy atom. The Morgan fingerprint density at radius 1 is 1.33 bits per heavy atom. The molecule has 0 aliphatic carbocycles. The van der Waals surface area contributed by atoms with Crippen molar-refractivity contribution < 1.29 is 4.79 Å². The van der Waals surface area contributed by atoms with Gasteiger partial charge in [-0.2, -0.15) is 0 Å². The minimum Gasteiger partial charge on any atom is -0.369 e. The van der Waals surface area contributed by atoms with Crippen molar-refractivity contribution in [2.75, 3.05) is 0 Å². The van der Waals surface area contributed by atoms with Gasteiger partial charge in [0.05, 0.1) is 5.92 Å². The van der Waals surface area contributed by atoms with Gasteiger partial charge in [-0.05, 0) is 31.5 Å². The number of hydrogen-bond donors (Lipinski definition) is 2. The molecule has 0 bridgehead atoms. The van der Waals surface area contributed by atoms with Crippen LogP contribution >= 0.6 is 11.6 Å². The van der Waals surface area contributed by atoms with Gasteiger partial charge in [-0.3, -0.25) is 4.79 Å². The predicted molar refractivity (Wildman–Crippen MR) is 61.7 cm³/mol. The molecule has 1 unspecified atom stereocenters. The zero-order chi connectivity index (χ0) is 11.6. The van der Waals surface area contributed by atoms with Crippen LogP contribution in [0.1, 0.15) is 25.3 Å². The first-order valence-electron chi connectivity index (χ1n) is 4.66. The second-order valence-corrected chi connectivity index (χ2v) is 4.64. The first-order valence-corrected chi connectivity index (χ1v) is 5.04. The van der Waals surface area contributed by atoms with Crippen molar-refractivity contribution in [1.82, 2.24) is 0 Å². The molecule has 1 rings (SSSR count). The third kappa shape index (κ3) is 2.94. The van der Waals surface area contributed by atoms with E-state index in [1.807, 2.05) is 0 Å². The smallest absolute Gasteiger partial charge is 0.226 e. The number of carbonyl (C=O) groups is 1. The lowest BCUT2D eigenvalue weighted by molar-refractivity contribution is -0.120. The highest BCUT2D eigenvalue weighted by molar-refractivity contribution is 6.30. The number of amides is 1. The third-order valence-electron chi connectivity index (χ3n) is 2.23. The summed E-state index contributed by atoms with van der Waals surface area (Å²) in [4.78, 5) is 11.3. The lowest BCUT2D eigenvalue weighted by Gasteiger charge is -2.28. The van der Waals surface area contributed by atoms with E-state index in [1.54, 1.807) is 38.1 Å². The fourth-order valence-corrected chi connectivity index (χ4v) is 1.74. The van der Waals surface area contributed by atoms with Crippen LogP contribution in [0.5, 0.6) is 0 Å². The first kappa shape index (κ1) is 12.0. The molecule has 0 fully saturated rings. The van der Waals surface area contributed by atoms with Gasteiger partial charge in [-0.1, -0.05) is 23.7 Å². The lowest BCUT2D eigenvalue weighted by atomic mass is 9.82. The molecule has 1 aromatic rings. The van der Waals surface area contributed by atoms with Gasteiger partial charge in [-0.25, -0.2) is 0 Å². The molecule has 0 heterocycles. The molecule has 0 aromatic heterocycles. The maximum Gasteiger partial charge on any atom is 0.226 e. The van der Waals surface area contributed by atoms with Gasteiger partial charge >= 0.3 is 0 Å². The fourth-order valence-electron chi connectivity index (χ4n) is 1.62. The monoisotopic (exact) mass is 226 g/mol. The highest BCUT2D eigenvalue weighted by atomic mass is 35.5. The maximum atomic E-state index is 11.3. The zero-order valence-electron chi connectivity index (χ0n) is 8.83. The van der Waals surface area contributed by atoms with E-state index in [0.717, 1.165) is 5.56 Å². The van der Waals surface area contributed by atoms with E-state index in [-0.39, 0.29) is 0 Å². The summed E-state index contributed by atoms with van der Waals surface area (Å²) in [5.41, 5.74) is 11.4. The minimum atomic E-state index is -0.681. The average Bonchev–Trinajstić information content (AvgIpc) is 2.05. The van der Waals surface area contributed by atoms with Crippen LogP contribution in [0.25, 0.3) is 0 Å². The number of hydrogen-bond acceptors (Lipinski definition) is 2. The molecular formula is C11H15ClN2O. The highest BCUT2D eigenvalue weighted by Crippen LogP contribution is 2.26. The minimum absolute atomic E-state index is 0.426. The summed E-state index contributed by atoms with van der Waals surface area (Å²) in [5, 5.41) is 0.622. The first-order chi connectivity index (χ1) is 6.82. The zero-order valence-corrected chi connectivity index (χ0v) is 9.58. The van der Waals surface area contributed by atoms with Crippen molar-refractivity contribution in [2.45, 2.75) is 25.3 Å². The molecule has 0 saturated carbocycles. The normalized spacial score (nSPS) is 13.6. The molecule has 1 amide bonds. The molecule has 0 aliphatic heterocycles. The Labute approximate surface area is 94.4 Å². The summed E-state index contributed by atoms with van der Waals surface area (Å²) >= 11 is 5.76. The number of halogens is 1. The Balaban J connectivity index is 3.11. The van der Waals surface area contributed by atoms with Crippen LogP contribution in [0.15, 0.2) is 24.3 Å². The van der Waals surface area contributed by atoms with Gasteiger partial charge in [0.25, 0.3) is 0 Å². The van der Waals surface area contributed by atoms with Crippen LogP contribution in [-0.2, 0) is 4.79 Å². The lowest BCUT2D eigenvalue weighted by Crippen LogP contribution is -2.45. The summed E-state index contributed by atoms with van der Waals surface area (Å²) in [6.45, 7) is 3.55. The number of nitrogens with two attached hydrogens (primary N) is 2. The number of rotatable bonds is 3. The Kier molecular flexibility index (Phi) is 3.37. The van der Waals surface area contributed by atoms with Gasteiger partial charge in [0.2, 0.25) is 5.91 Å². The number of primary amides is 1. The van der Waals surface area contributed by atoms with E-state index in [4.69, 9.17) is 23.1 Å². The van der Waals surface area contributed by atoms with Crippen LogP contribution in [0, 0.1) is 0 Å². The summed E-state index contributed by atoms with van der Waals surface area (Å²) in [5.74, 6) is -0.931. The maximum absolute atomic E-state index is 11.3. The van der Waals surface area contributed by atoms with E-state index in [0.29, 0.717) is 5.02 Å². The van der Waals surface area contributed by atoms with Crippen molar-refractivity contribution in [3.05, 3.63) is 34.9 Å².